The van der Waals surface area contributed by atoms with Crippen LogP contribution in [0.4, 0.5) is 11.4 Å². The molecule has 1 aliphatic carbocycles. The molecule has 248 valence electrons. The minimum atomic E-state index is -0.106. The van der Waals surface area contributed by atoms with E-state index in [2.05, 4.69) is 81.4 Å². The predicted molar refractivity (Wildman–Crippen MR) is 200 cm³/mol. The fourth-order valence-corrected chi connectivity index (χ4v) is 7.35. The van der Waals surface area contributed by atoms with Crippen LogP contribution < -0.4 is 20.9 Å². The highest BCUT2D eigenvalue weighted by molar-refractivity contribution is 5.51. The van der Waals surface area contributed by atoms with Crippen molar-refractivity contribution in [2.24, 2.45) is 0 Å². The van der Waals surface area contributed by atoms with E-state index in [4.69, 9.17) is 20.9 Å². The summed E-state index contributed by atoms with van der Waals surface area (Å²) >= 11 is 0. The molecule has 6 rings (SSSR count). The molecule has 0 atom stereocenters. The quantitative estimate of drug-likeness (QED) is 0.105. The summed E-state index contributed by atoms with van der Waals surface area (Å²) in [6, 6.07) is 38.2. The molecule has 1 fully saturated rings. The monoisotopic (exact) mass is 638 g/mol. The normalized spacial score (nSPS) is 14.5. The molecule has 4 heteroatoms. The summed E-state index contributed by atoms with van der Waals surface area (Å²) in [4.78, 5) is 0. The minimum Gasteiger partial charge on any atom is -0.457 e. The lowest BCUT2D eigenvalue weighted by Gasteiger charge is -2.42. The van der Waals surface area contributed by atoms with E-state index in [1.165, 1.54) is 54.4 Å². The maximum atomic E-state index is 6.29. The third-order valence-electron chi connectivity index (χ3n) is 10.3. The van der Waals surface area contributed by atoms with E-state index < -0.39 is 0 Å². The van der Waals surface area contributed by atoms with Crippen molar-refractivity contribution in [3.05, 3.63) is 143 Å². The molecule has 0 unspecified atom stereocenters. The Balaban J connectivity index is 1.26. The Labute approximate surface area is 287 Å². The minimum absolute atomic E-state index is 0.106. The predicted octanol–water partition coefficient (Wildman–Crippen LogP) is 11.8. The topological polar surface area (TPSA) is 70.5 Å². The Bertz CT molecular complexity index is 1690. The summed E-state index contributed by atoms with van der Waals surface area (Å²) in [6.45, 7) is 6.57. The van der Waals surface area contributed by atoms with Gasteiger partial charge in [-0.1, -0.05) is 74.7 Å². The van der Waals surface area contributed by atoms with Gasteiger partial charge in [0.05, 0.1) is 0 Å². The molecule has 5 aromatic rings. The summed E-state index contributed by atoms with van der Waals surface area (Å²) < 4.78 is 12.6. The highest BCUT2D eigenvalue weighted by Gasteiger charge is 2.39. The third-order valence-corrected chi connectivity index (χ3v) is 10.3. The number of nitrogen functional groups attached to an aromatic ring is 2. The van der Waals surface area contributed by atoms with E-state index in [0.29, 0.717) is 5.92 Å². The van der Waals surface area contributed by atoms with Crippen molar-refractivity contribution in [2.45, 2.75) is 89.9 Å². The van der Waals surface area contributed by atoms with E-state index >= 15 is 0 Å². The summed E-state index contributed by atoms with van der Waals surface area (Å²) in [5.41, 5.74) is 21.0. The first kappa shape index (κ1) is 33.2. The average Bonchev–Trinajstić information content (AvgIpc) is 3.11. The Morgan fingerprint density at radius 2 is 1.10 bits per heavy atom. The van der Waals surface area contributed by atoms with E-state index in [9.17, 15) is 0 Å². The van der Waals surface area contributed by atoms with Crippen LogP contribution in [-0.4, -0.2) is 0 Å². The van der Waals surface area contributed by atoms with Gasteiger partial charge in [-0.15, -0.1) is 0 Å². The Morgan fingerprint density at radius 1 is 0.604 bits per heavy atom. The summed E-state index contributed by atoms with van der Waals surface area (Å²) in [5.74, 6) is 3.87. The van der Waals surface area contributed by atoms with Crippen LogP contribution in [0.3, 0.4) is 0 Å². The molecule has 1 saturated carbocycles. The molecule has 4 nitrogen and oxygen atoms in total. The van der Waals surface area contributed by atoms with Crippen LogP contribution in [0.5, 0.6) is 23.0 Å². The third kappa shape index (κ3) is 7.71. The van der Waals surface area contributed by atoms with E-state index in [0.717, 1.165) is 71.2 Å². The molecule has 4 N–H and O–H groups in total. The van der Waals surface area contributed by atoms with Gasteiger partial charge in [0.2, 0.25) is 0 Å². The summed E-state index contributed by atoms with van der Waals surface area (Å²) in [6.07, 6.45) is 10.8. The van der Waals surface area contributed by atoms with Gasteiger partial charge in [0.15, 0.2) is 0 Å². The zero-order chi connectivity index (χ0) is 33.5. The van der Waals surface area contributed by atoms with Gasteiger partial charge in [0.25, 0.3) is 0 Å². The lowest BCUT2D eigenvalue weighted by molar-refractivity contribution is 0.314. The van der Waals surface area contributed by atoms with Crippen molar-refractivity contribution in [1.29, 1.82) is 0 Å². The maximum absolute atomic E-state index is 6.29. The maximum Gasteiger partial charge on any atom is 0.130 e. The van der Waals surface area contributed by atoms with Crippen LogP contribution in [0.15, 0.2) is 109 Å². The van der Waals surface area contributed by atoms with Gasteiger partial charge in [0.1, 0.15) is 23.0 Å². The molecular formula is C44H50N2O2. The Hall–Kier alpha value is -4.70. The first-order valence-electron chi connectivity index (χ1n) is 17.7. The van der Waals surface area contributed by atoms with Gasteiger partial charge in [0, 0.05) is 16.8 Å². The smallest absolute Gasteiger partial charge is 0.130 e. The van der Waals surface area contributed by atoms with Crippen LogP contribution in [0.1, 0.15) is 97.6 Å². The lowest BCUT2D eigenvalue weighted by Crippen LogP contribution is -2.33. The van der Waals surface area contributed by atoms with Gasteiger partial charge < -0.3 is 20.9 Å². The Morgan fingerprint density at radius 3 is 1.56 bits per heavy atom. The van der Waals surface area contributed by atoms with Crippen molar-refractivity contribution in [2.75, 3.05) is 11.5 Å². The molecule has 48 heavy (non-hydrogen) atoms. The highest BCUT2D eigenvalue weighted by atomic mass is 16.5. The van der Waals surface area contributed by atoms with E-state index in [1.807, 2.05) is 48.5 Å². The van der Waals surface area contributed by atoms with E-state index in [1.54, 1.807) is 0 Å². The second-order valence-electron chi connectivity index (χ2n) is 13.7. The van der Waals surface area contributed by atoms with Crippen LogP contribution in [-0.2, 0) is 11.8 Å². The van der Waals surface area contributed by atoms with Crippen molar-refractivity contribution >= 4 is 11.4 Å². The number of nitrogens with two attached hydrogens (primary N) is 2. The second-order valence-corrected chi connectivity index (χ2v) is 13.7. The van der Waals surface area contributed by atoms with Gasteiger partial charge in [-0.3, -0.25) is 0 Å². The van der Waals surface area contributed by atoms with Crippen LogP contribution in [0, 0.1) is 13.8 Å². The van der Waals surface area contributed by atoms with Crippen molar-refractivity contribution in [3.8, 4) is 23.0 Å². The number of hydrogen-bond donors (Lipinski definition) is 2. The lowest BCUT2D eigenvalue weighted by atomic mass is 9.62. The van der Waals surface area contributed by atoms with Crippen molar-refractivity contribution < 1.29 is 9.47 Å². The number of anilines is 2. The molecule has 0 aliphatic heterocycles. The number of unbranched alkanes of at least 4 members (excludes halogenated alkanes) is 3. The van der Waals surface area contributed by atoms with Crippen molar-refractivity contribution in [1.82, 2.24) is 0 Å². The molecule has 1 aliphatic rings. The standard InChI is InChI=1S/C44H50N2O2/c1-4-5-6-7-8-33-9-11-34(12-10-33)35-25-27-44(28-26-35,36-13-23-42(31(2)29-36)47-40-19-15-38(45)16-20-40)37-14-24-43(32(3)30-37)48-41-21-17-39(46)18-22-41/h9-24,29-30,35H,4-8,25-28,45-46H2,1-3H3. The van der Waals surface area contributed by atoms with Gasteiger partial charge in [-0.05, 0) is 152 Å². The number of rotatable bonds is 12. The first-order valence-corrected chi connectivity index (χ1v) is 17.7. The molecule has 0 saturated heterocycles. The SMILES string of the molecule is CCCCCCc1ccc(C2CCC(c3ccc(Oc4ccc(N)cc4)c(C)c3)(c3ccc(Oc4ccc(N)cc4)c(C)c3)CC2)cc1. The van der Waals surface area contributed by atoms with Gasteiger partial charge in [-0.25, -0.2) is 0 Å². The van der Waals surface area contributed by atoms with Crippen LogP contribution >= 0.6 is 0 Å². The molecule has 5 aromatic carbocycles. The van der Waals surface area contributed by atoms with Gasteiger partial charge >= 0.3 is 0 Å². The molecular weight excluding hydrogens is 588 g/mol. The highest BCUT2D eigenvalue weighted by Crippen LogP contribution is 2.50. The van der Waals surface area contributed by atoms with Gasteiger partial charge in [-0.2, -0.15) is 0 Å². The molecule has 0 radical (unpaired) electrons. The average molecular weight is 639 g/mol. The zero-order valence-corrected chi connectivity index (χ0v) is 28.8. The molecule has 0 bridgehead atoms. The molecule has 0 aromatic heterocycles. The van der Waals surface area contributed by atoms with Crippen molar-refractivity contribution in [3.63, 3.8) is 0 Å². The van der Waals surface area contributed by atoms with Crippen LogP contribution in [0.2, 0.25) is 0 Å². The zero-order valence-electron chi connectivity index (χ0n) is 28.8. The second kappa shape index (κ2) is 15.0. The first-order chi connectivity index (χ1) is 23.3. The largest absolute Gasteiger partial charge is 0.457 e. The fraction of sp³-hybridized carbons (Fsp3) is 0.318. The summed E-state index contributed by atoms with van der Waals surface area (Å²) in [7, 11) is 0. The number of ether oxygens (including phenoxy) is 2. The number of hydrogen-bond acceptors (Lipinski definition) is 4. The molecule has 0 heterocycles. The Kier molecular flexibility index (Phi) is 10.4. The van der Waals surface area contributed by atoms with E-state index in [-0.39, 0.29) is 5.41 Å². The van der Waals surface area contributed by atoms with Crippen LogP contribution in [0.25, 0.3) is 0 Å². The fourth-order valence-electron chi connectivity index (χ4n) is 7.35. The molecule has 0 amide bonds. The molecule has 0 spiro atoms. The number of benzene rings is 5. The number of aryl methyl sites for hydroxylation is 3. The summed E-state index contributed by atoms with van der Waals surface area (Å²) in [5, 5.41) is 0.